The molecular formula is C18H14F2N2. The van der Waals surface area contributed by atoms with Gasteiger partial charge in [0, 0.05) is 40.1 Å². The Balaban J connectivity index is 1.90. The van der Waals surface area contributed by atoms with Crippen molar-refractivity contribution in [1.82, 2.24) is 9.97 Å². The van der Waals surface area contributed by atoms with Crippen LogP contribution in [0.2, 0.25) is 0 Å². The van der Waals surface area contributed by atoms with Crippen molar-refractivity contribution in [1.29, 1.82) is 0 Å². The van der Waals surface area contributed by atoms with Gasteiger partial charge in [0.25, 0.3) is 0 Å². The number of hydrogen-bond donors (Lipinski definition) is 2. The molecule has 0 saturated heterocycles. The van der Waals surface area contributed by atoms with Gasteiger partial charge in [-0.15, -0.1) is 0 Å². The van der Waals surface area contributed by atoms with E-state index in [4.69, 9.17) is 0 Å². The predicted molar refractivity (Wildman–Crippen MR) is 84.0 cm³/mol. The minimum Gasteiger partial charge on any atom is -0.361 e. The number of aromatic nitrogens is 2. The van der Waals surface area contributed by atoms with Crippen LogP contribution in [0.1, 0.15) is 24.0 Å². The van der Waals surface area contributed by atoms with Crippen molar-refractivity contribution in [3.63, 3.8) is 0 Å². The molecule has 4 aromatic rings. The average Bonchev–Trinajstić information content (AvgIpc) is 3.09. The molecular weight excluding hydrogens is 282 g/mol. The van der Waals surface area contributed by atoms with Gasteiger partial charge in [-0.25, -0.2) is 8.78 Å². The molecule has 0 unspecified atom stereocenters. The third kappa shape index (κ3) is 1.91. The number of fused-ring (bicyclic) bond motifs is 2. The number of H-pyrrole nitrogens is 2. The van der Waals surface area contributed by atoms with Crippen LogP contribution in [0.4, 0.5) is 8.78 Å². The summed E-state index contributed by atoms with van der Waals surface area (Å²) in [5, 5.41) is 1.72. The van der Waals surface area contributed by atoms with Gasteiger partial charge < -0.3 is 9.97 Å². The van der Waals surface area contributed by atoms with Crippen LogP contribution in [0, 0.1) is 11.6 Å². The molecule has 0 saturated carbocycles. The van der Waals surface area contributed by atoms with E-state index in [0.29, 0.717) is 0 Å². The smallest absolute Gasteiger partial charge is 0.123 e. The first-order valence-corrected chi connectivity index (χ1v) is 7.16. The number of nitrogens with one attached hydrogen (secondary N) is 2. The Bertz CT molecular complexity index is 901. The van der Waals surface area contributed by atoms with Crippen molar-refractivity contribution in [2.75, 3.05) is 0 Å². The van der Waals surface area contributed by atoms with Crippen LogP contribution in [0.15, 0.2) is 48.8 Å². The Morgan fingerprint density at radius 2 is 1.23 bits per heavy atom. The number of hydrogen-bond acceptors (Lipinski definition) is 0. The molecule has 2 aromatic heterocycles. The predicted octanol–water partition coefficient (Wildman–Crippen LogP) is 5.08. The van der Waals surface area contributed by atoms with Crippen LogP contribution < -0.4 is 0 Å². The van der Waals surface area contributed by atoms with Gasteiger partial charge in [0.1, 0.15) is 11.6 Å². The second-order valence-corrected chi connectivity index (χ2v) is 5.59. The van der Waals surface area contributed by atoms with Gasteiger partial charge in [0.2, 0.25) is 0 Å². The fraction of sp³-hybridized carbons (Fsp3) is 0.111. The molecule has 4 rings (SSSR count). The molecule has 0 spiro atoms. The summed E-state index contributed by atoms with van der Waals surface area (Å²) in [5.74, 6) is -0.498. The lowest BCUT2D eigenvalue weighted by molar-refractivity contribution is 0.629. The van der Waals surface area contributed by atoms with E-state index in [2.05, 4.69) is 9.97 Å². The van der Waals surface area contributed by atoms with E-state index >= 15 is 0 Å². The Morgan fingerprint density at radius 1 is 0.773 bits per heavy atom. The van der Waals surface area contributed by atoms with Gasteiger partial charge >= 0.3 is 0 Å². The quantitative estimate of drug-likeness (QED) is 0.517. The fourth-order valence-corrected chi connectivity index (χ4v) is 3.11. The van der Waals surface area contributed by atoms with E-state index in [-0.39, 0.29) is 17.6 Å². The third-order valence-electron chi connectivity index (χ3n) is 4.28. The summed E-state index contributed by atoms with van der Waals surface area (Å²) in [6.07, 6.45) is 3.79. The topological polar surface area (TPSA) is 31.6 Å². The van der Waals surface area contributed by atoms with Gasteiger partial charge in [-0.05, 0) is 47.5 Å². The van der Waals surface area contributed by atoms with E-state index < -0.39 is 0 Å². The van der Waals surface area contributed by atoms with Crippen molar-refractivity contribution in [3.05, 3.63) is 71.6 Å². The highest BCUT2D eigenvalue weighted by Crippen LogP contribution is 2.34. The third-order valence-corrected chi connectivity index (χ3v) is 4.28. The molecule has 0 aliphatic rings. The molecule has 4 heteroatoms. The highest BCUT2D eigenvalue weighted by molar-refractivity contribution is 5.88. The van der Waals surface area contributed by atoms with E-state index in [1.807, 2.05) is 19.3 Å². The Morgan fingerprint density at radius 3 is 1.68 bits per heavy atom. The minimum atomic E-state index is -0.259. The molecule has 0 fully saturated rings. The van der Waals surface area contributed by atoms with Crippen molar-refractivity contribution in [2.45, 2.75) is 12.8 Å². The lowest BCUT2D eigenvalue weighted by Crippen LogP contribution is -1.94. The second-order valence-electron chi connectivity index (χ2n) is 5.59. The molecule has 2 N–H and O–H groups in total. The zero-order valence-electron chi connectivity index (χ0n) is 12.0. The van der Waals surface area contributed by atoms with Crippen molar-refractivity contribution in [2.24, 2.45) is 0 Å². The Hall–Kier alpha value is -2.62. The SMILES string of the molecule is CC(c1c[nH]c2ccc(F)cc12)c1c[nH]c2ccc(F)cc12. The maximum atomic E-state index is 13.5. The maximum absolute atomic E-state index is 13.5. The van der Waals surface area contributed by atoms with Crippen LogP contribution in [-0.4, -0.2) is 9.97 Å². The van der Waals surface area contributed by atoms with Crippen molar-refractivity contribution < 1.29 is 8.78 Å². The number of benzene rings is 2. The Kier molecular flexibility index (Phi) is 2.79. The standard InChI is InChI=1S/C18H14F2N2/c1-10(15-8-21-17-4-2-11(19)6-13(15)17)16-9-22-18-5-3-12(20)7-14(16)18/h2-10,21-22H,1H3. The number of aromatic amines is 2. The van der Waals surface area contributed by atoms with Gasteiger partial charge in [0.15, 0.2) is 0 Å². The van der Waals surface area contributed by atoms with Crippen LogP contribution in [0.25, 0.3) is 21.8 Å². The molecule has 110 valence electrons. The van der Waals surface area contributed by atoms with Crippen LogP contribution in [0.3, 0.4) is 0 Å². The zero-order chi connectivity index (χ0) is 15.3. The average molecular weight is 296 g/mol. The normalized spacial score (nSPS) is 11.8. The van der Waals surface area contributed by atoms with E-state index in [1.54, 1.807) is 12.1 Å². The van der Waals surface area contributed by atoms with Crippen LogP contribution >= 0.6 is 0 Å². The van der Waals surface area contributed by atoms with Crippen LogP contribution in [-0.2, 0) is 0 Å². The monoisotopic (exact) mass is 296 g/mol. The maximum Gasteiger partial charge on any atom is 0.123 e. The molecule has 0 aliphatic carbocycles. The molecule has 0 bridgehead atoms. The molecule has 22 heavy (non-hydrogen) atoms. The molecule has 2 nitrogen and oxygen atoms in total. The number of rotatable bonds is 2. The van der Waals surface area contributed by atoms with Crippen LogP contribution in [0.5, 0.6) is 0 Å². The highest BCUT2D eigenvalue weighted by Gasteiger charge is 2.17. The minimum absolute atomic E-state index is 0.0195. The van der Waals surface area contributed by atoms with E-state index in [0.717, 1.165) is 32.9 Å². The summed E-state index contributed by atoms with van der Waals surface area (Å²) in [4.78, 5) is 6.33. The summed E-state index contributed by atoms with van der Waals surface area (Å²) in [6, 6.07) is 9.41. The molecule has 2 heterocycles. The molecule has 0 amide bonds. The summed E-state index contributed by atoms with van der Waals surface area (Å²) >= 11 is 0. The molecule has 2 aromatic carbocycles. The van der Waals surface area contributed by atoms with Crippen molar-refractivity contribution in [3.8, 4) is 0 Å². The zero-order valence-corrected chi connectivity index (χ0v) is 12.0. The lowest BCUT2D eigenvalue weighted by atomic mass is 9.92. The van der Waals surface area contributed by atoms with E-state index in [9.17, 15) is 8.78 Å². The summed E-state index contributed by atoms with van der Waals surface area (Å²) in [5.41, 5.74) is 3.79. The lowest BCUT2D eigenvalue weighted by Gasteiger charge is -2.10. The molecule has 0 atom stereocenters. The van der Waals surface area contributed by atoms with Gasteiger partial charge in [0.05, 0.1) is 0 Å². The number of halogens is 2. The highest BCUT2D eigenvalue weighted by atomic mass is 19.1. The van der Waals surface area contributed by atoms with Gasteiger partial charge in [-0.1, -0.05) is 6.92 Å². The largest absolute Gasteiger partial charge is 0.361 e. The Labute approximate surface area is 125 Å². The second kappa shape index (κ2) is 4.70. The van der Waals surface area contributed by atoms with E-state index in [1.165, 1.54) is 24.3 Å². The molecule has 0 radical (unpaired) electrons. The first-order chi connectivity index (χ1) is 10.6. The summed E-state index contributed by atoms with van der Waals surface area (Å²) < 4.78 is 27.1. The van der Waals surface area contributed by atoms with Gasteiger partial charge in [-0.2, -0.15) is 0 Å². The first-order valence-electron chi connectivity index (χ1n) is 7.16. The summed E-state index contributed by atoms with van der Waals surface area (Å²) in [7, 11) is 0. The van der Waals surface area contributed by atoms with Gasteiger partial charge in [-0.3, -0.25) is 0 Å². The fourth-order valence-electron chi connectivity index (χ4n) is 3.11. The summed E-state index contributed by atoms with van der Waals surface area (Å²) in [6.45, 7) is 2.04. The molecule has 0 aliphatic heterocycles. The van der Waals surface area contributed by atoms with Crippen molar-refractivity contribution >= 4 is 21.8 Å². The first kappa shape index (κ1) is 13.1.